The van der Waals surface area contributed by atoms with Crippen molar-refractivity contribution in [1.29, 1.82) is 0 Å². The lowest BCUT2D eigenvalue weighted by atomic mass is 10.1. The van der Waals surface area contributed by atoms with Gasteiger partial charge in [0.05, 0.1) is 17.8 Å². The van der Waals surface area contributed by atoms with Crippen molar-refractivity contribution in [2.24, 2.45) is 10.8 Å². The molecule has 3 N–H and O–H groups in total. The van der Waals surface area contributed by atoms with Crippen LogP contribution in [0.2, 0.25) is 0 Å². The van der Waals surface area contributed by atoms with Gasteiger partial charge in [0.2, 0.25) is 5.91 Å². The predicted octanol–water partition coefficient (Wildman–Crippen LogP) is 2.46. The van der Waals surface area contributed by atoms with Crippen LogP contribution in [0.25, 0.3) is 0 Å². The van der Waals surface area contributed by atoms with Crippen molar-refractivity contribution in [3.63, 3.8) is 0 Å². The molecule has 31 heavy (non-hydrogen) atoms. The summed E-state index contributed by atoms with van der Waals surface area (Å²) in [6.45, 7) is 0.0575. The second-order valence-corrected chi connectivity index (χ2v) is 6.62. The van der Waals surface area contributed by atoms with Gasteiger partial charge in [-0.2, -0.15) is 18.3 Å². The smallest absolute Gasteiger partial charge is 0.416 e. The SMILES string of the molecule is NC(=O)C1CC(C(=O)NCCOc2ccc(C(F)(F)F)cc2)=NN1c1ccc(F)cc1. The summed E-state index contributed by atoms with van der Waals surface area (Å²) in [6, 6.07) is 8.48. The summed E-state index contributed by atoms with van der Waals surface area (Å²) < 4.78 is 56.1. The Balaban J connectivity index is 1.54. The molecule has 1 aliphatic rings. The van der Waals surface area contributed by atoms with E-state index in [1.807, 2.05) is 0 Å². The van der Waals surface area contributed by atoms with Crippen molar-refractivity contribution in [3.05, 3.63) is 59.9 Å². The molecule has 1 heterocycles. The van der Waals surface area contributed by atoms with Crippen molar-refractivity contribution < 1.29 is 31.9 Å². The molecule has 11 heteroatoms. The average molecular weight is 438 g/mol. The fourth-order valence-electron chi connectivity index (χ4n) is 2.88. The Labute approximate surface area is 174 Å². The summed E-state index contributed by atoms with van der Waals surface area (Å²) in [5.41, 5.74) is 5.06. The minimum absolute atomic E-state index is 0.00527. The monoisotopic (exact) mass is 438 g/mol. The van der Waals surface area contributed by atoms with Gasteiger partial charge >= 0.3 is 6.18 Å². The highest BCUT2D eigenvalue weighted by Crippen LogP contribution is 2.30. The summed E-state index contributed by atoms with van der Waals surface area (Å²) in [5.74, 6) is -1.49. The Bertz CT molecular complexity index is 975. The third-order valence-electron chi connectivity index (χ3n) is 4.43. The van der Waals surface area contributed by atoms with Crippen LogP contribution in [0.3, 0.4) is 0 Å². The maximum Gasteiger partial charge on any atom is 0.416 e. The molecule has 1 atom stereocenters. The summed E-state index contributed by atoms with van der Waals surface area (Å²) in [6.07, 6.45) is -4.46. The Morgan fingerprint density at radius 2 is 1.77 bits per heavy atom. The fraction of sp³-hybridized carbons (Fsp3) is 0.250. The number of nitrogens with one attached hydrogen (secondary N) is 1. The molecular weight excluding hydrogens is 420 g/mol. The van der Waals surface area contributed by atoms with E-state index in [0.29, 0.717) is 5.69 Å². The molecule has 3 rings (SSSR count). The van der Waals surface area contributed by atoms with E-state index in [2.05, 4.69) is 10.4 Å². The molecule has 1 unspecified atom stereocenters. The molecule has 2 aromatic carbocycles. The first-order valence-electron chi connectivity index (χ1n) is 9.15. The van der Waals surface area contributed by atoms with Gasteiger partial charge in [-0.05, 0) is 48.5 Å². The number of primary amides is 1. The van der Waals surface area contributed by atoms with Gasteiger partial charge in [-0.3, -0.25) is 14.6 Å². The number of benzene rings is 2. The van der Waals surface area contributed by atoms with Crippen LogP contribution >= 0.6 is 0 Å². The van der Waals surface area contributed by atoms with Crippen LogP contribution in [0.4, 0.5) is 23.2 Å². The molecule has 1 aliphatic heterocycles. The Hall–Kier alpha value is -3.63. The number of carbonyl (C=O) groups is 2. The third-order valence-corrected chi connectivity index (χ3v) is 4.43. The van der Waals surface area contributed by atoms with Crippen molar-refractivity contribution in [2.75, 3.05) is 18.2 Å². The Morgan fingerprint density at radius 1 is 1.13 bits per heavy atom. The zero-order chi connectivity index (χ0) is 22.6. The lowest BCUT2D eigenvalue weighted by Crippen LogP contribution is -2.40. The maximum absolute atomic E-state index is 13.1. The lowest BCUT2D eigenvalue weighted by molar-refractivity contribution is -0.137. The number of anilines is 1. The quantitative estimate of drug-likeness (QED) is 0.513. The number of hydrogen-bond acceptors (Lipinski definition) is 5. The molecule has 0 saturated carbocycles. The number of halogens is 4. The third kappa shape index (κ3) is 5.50. The fourth-order valence-corrected chi connectivity index (χ4v) is 2.88. The standard InChI is InChI=1S/C20H18F4N4O3/c21-13-3-5-14(6-4-13)28-17(18(25)29)11-16(27-28)19(30)26-9-10-31-15-7-1-12(2-8-15)20(22,23)24/h1-8,17H,9-11H2,(H2,25,29)(H,26,30). The van der Waals surface area contributed by atoms with Crippen LogP contribution in [0.5, 0.6) is 5.75 Å². The number of amides is 2. The first-order chi connectivity index (χ1) is 14.6. The van der Waals surface area contributed by atoms with Gasteiger partial charge in [0.1, 0.15) is 29.9 Å². The molecule has 0 aromatic heterocycles. The van der Waals surface area contributed by atoms with E-state index in [4.69, 9.17) is 10.5 Å². The van der Waals surface area contributed by atoms with E-state index in [1.54, 1.807) is 0 Å². The van der Waals surface area contributed by atoms with Gasteiger partial charge in [-0.25, -0.2) is 4.39 Å². The highest BCUT2D eigenvalue weighted by molar-refractivity contribution is 6.40. The first-order valence-corrected chi connectivity index (χ1v) is 9.15. The molecule has 0 spiro atoms. The predicted molar refractivity (Wildman–Crippen MR) is 104 cm³/mol. The topological polar surface area (TPSA) is 97.0 Å². The van der Waals surface area contributed by atoms with E-state index in [0.717, 1.165) is 12.1 Å². The van der Waals surface area contributed by atoms with E-state index in [1.165, 1.54) is 41.4 Å². The van der Waals surface area contributed by atoms with Gasteiger partial charge in [0, 0.05) is 6.42 Å². The summed E-state index contributed by atoms with van der Waals surface area (Å²) in [4.78, 5) is 24.1. The minimum atomic E-state index is -4.43. The highest BCUT2D eigenvalue weighted by atomic mass is 19.4. The number of nitrogens with zero attached hydrogens (tertiary/aromatic N) is 2. The van der Waals surface area contributed by atoms with Crippen molar-refractivity contribution >= 4 is 23.2 Å². The van der Waals surface area contributed by atoms with Crippen LogP contribution in [0.1, 0.15) is 12.0 Å². The van der Waals surface area contributed by atoms with Crippen molar-refractivity contribution in [2.45, 2.75) is 18.6 Å². The molecule has 0 bridgehead atoms. The molecule has 164 valence electrons. The van der Waals surface area contributed by atoms with Crippen LogP contribution < -0.4 is 20.8 Å². The number of nitrogens with two attached hydrogens (primary N) is 1. The lowest BCUT2D eigenvalue weighted by Gasteiger charge is -2.20. The van der Waals surface area contributed by atoms with Gasteiger partial charge in [0.25, 0.3) is 5.91 Å². The number of hydrogen-bond donors (Lipinski definition) is 2. The molecular formula is C20H18F4N4O3. The molecule has 2 aromatic rings. The Morgan fingerprint density at radius 3 is 2.35 bits per heavy atom. The molecule has 0 radical (unpaired) electrons. The second kappa shape index (κ2) is 9.02. The summed E-state index contributed by atoms with van der Waals surface area (Å²) in [5, 5.41) is 7.94. The normalized spacial score (nSPS) is 16.1. The molecule has 7 nitrogen and oxygen atoms in total. The number of alkyl halides is 3. The summed E-state index contributed by atoms with van der Waals surface area (Å²) >= 11 is 0. The van der Waals surface area contributed by atoms with Gasteiger partial charge in [-0.1, -0.05) is 0 Å². The van der Waals surface area contributed by atoms with Gasteiger partial charge in [-0.15, -0.1) is 0 Å². The van der Waals surface area contributed by atoms with Crippen molar-refractivity contribution in [3.8, 4) is 5.75 Å². The first kappa shape index (κ1) is 22.1. The van der Waals surface area contributed by atoms with Crippen molar-refractivity contribution in [1.82, 2.24) is 5.32 Å². The van der Waals surface area contributed by atoms with E-state index < -0.39 is 35.4 Å². The largest absolute Gasteiger partial charge is 0.492 e. The maximum atomic E-state index is 13.1. The highest BCUT2D eigenvalue weighted by Gasteiger charge is 2.35. The van der Waals surface area contributed by atoms with Crippen LogP contribution in [0, 0.1) is 5.82 Å². The Kier molecular flexibility index (Phi) is 6.42. The molecule has 0 saturated heterocycles. The molecule has 0 aliphatic carbocycles. The zero-order valence-electron chi connectivity index (χ0n) is 16.0. The van der Waals surface area contributed by atoms with E-state index in [9.17, 15) is 27.2 Å². The van der Waals surface area contributed by atoms with Crippen LogP contribution in [-0.4, -0.2) is 36.7 Å². The van der Waals surface area contributed by atoms with Gasteiger partial charge in [0.15, 0.2) is 0 Å². The van der Waals surface area contributed by atoms with Crippen LogP contribution in [-0.2, 0) is 15.8 Å². The average Bonchev–Trinajstić information content (AvgIpc) is 3.17. The van der Waals surface area contributed by atoms with E-state index in [-0.39, 0.29) is 31.0 Å². The molecule has 2 amide bonds. The minimum Gasteiger partial charge on any atom is -0.492 e. The molecule has 0 fully saturated rings. The second-order valence-electron chi connectivity index (χ2n) is 6.62. The number of rotatable bonds is 7. The zero-order valence-corrected chi connectivity index (χ0v) is 16.0. The van der Waals surface area contributed by atoms with Crippen LogP contribution in [0.15, 0.2) is 53.6 Å². The number of carbonyl (C=O) groups excluding carboxylic acids is 2. The van der Waals surface area contributed by atoms with Gasteiger partial charge < -0.3 is 15.8 Å². The summed E-state index contributed by atoms with van der Waals surface area (Å²) in [7, 11) is 0. The number of ether oxygens (including phenoxy) is 1. The number of hydrazone groups is 1. The van der Waals surface area contributed by atoms with E-state index >= 15 is 0 Å².